The third kappa shape index (κ3) is 5.06. The third-order valence-electron chi connectivity index (χ3n) is 5.12. The van der Waals surface area contributed by atoms with Gasteiger partial charge in [0, 0.05) is 44.1 Å². The molecule has 0 fully saturated rings. The summed E-state index contributed by atoms with van der Waals surface area (Å²) in [7, 11) is 0. The average Bonchev–Trinajstić information content (AvgIpc) is 3.16. The monoisotopic (exact) mass is 453 g/mol. The Morgan fingerprint density at radius 2 is 2.16 bits per heavy atom. The van der Waals surface area contributed by atoms with Gasteiger partial charge in [0.15, 0.2) is 5.78 Å². The highest BCUT2D eigenvalue weighted by Crippen LogP contribution is 2.35. The highest BCUT2D eigenvalue weighted by atomic mass is 35.5. The molecule has 1 aliphatic carbocycles. The van der Waals surface area contributed by atoms with Crippen molar-refractivity contribution in [2.75, 3.05) is 0 Å². The van der Waals surface area contributed by atoms with Crippen LogP contribution in [0.5, 0.6) is 5.75 Å². The predicted molar refractivity (Wildman–Crippen MR) is 128 cm³/mol. The number of ether oxygens (including phenoxy) is 1. The van der Waals surface area contributed by atoms with Gasteiger partial charge < -0.3 is 15.3 Å². The molecule has 0 saturated carbocycles. The number of allylic oxidation sites excluding steroid dienone is 6. The van der Waals surface area contributed by atoms with Crippen molar-refractivity contribution < 1.29 is 14.3 Å². The van der Waals surface area contributed by atoms with E-state index in [0.717, 1.165) is 27.9 Å². The van der Waals surface area contributed by atoms with Crippen molar-refractivity contribution in [3.05, 3.63) is 87.1 Å². The lowest BCUT2D eigenvalue weighted by Gasteiger charge is -2.21. The molecule has 0 amide bonds. The zero-order valence-corrected chi connectivity index (χ0v) is 19.0. The van der Waals surface area contributed by atoms with E-state index in [1.807, 2.05) is 42.6 Å². The molecule has 31 heavy (non-hydrogen) atoms. The van der Waals surface area contributed by atoms with Crippen molar-refractivity contribution in [3.63, 3.8) is 0 Å². The maximum Gasteiger partial charge on any atom is 0.160 e. The number of ketones is 1. The van der Waals surface area contributed by atoms with Crippen molar-refractivity contribution in [3.8, 4) is 5.75 Å². The molecule has 0 bridgehead atoms. The molecule has 0 spiro atoms. The van der Waals surface area contributed by atoms with Crippen molar-refractivity contribution in [1.82, 2.24) is 0 Å². The maximum absolute atomic E-state index is 12.0. The number of carbonyl (C=O) groups excluding carboxylic acids is 2. The number of aldehydes is 1. The van der Waals surface area contributed by atoms with Crippen molar-refractivity contribution in [2.24, 2.45) is 11.7 Å². The maximum atomic E-state index is 12.0. The van der Waals surface area contributed by atoms with E-state index < -0.39 is 0 Å². The lowest BCUT2D eigenvalue weighted by Crippen LogP contribution is -2.13. The van der Waals surface area contributed by atoms with Gasteiger partial charge in [-0.25, -0.2) is 0 Å². The zero-order valence-electron chi connectivity index (χ0n) is 17.4. The number of benzene rings is 1. The first-order valence-corrected chi connectivity index (χ1v) is 11.1. The second kappa shape index (κ2) is 9.94. The summed E-state index contributed by atoms with van der Waals surface area (Å²) >= 11 is 7.49. The summed E-state index contributed by atoms with van der Waals surface area (Å²) < 4.78 is 6.04. The number of halogens is 1. The molecule has 1 aromatic carbocycles. The minimum absolute atomic E-state index is 0.0218. The first-order valence-electron chi connectivity index (χ1n) is 9.82. The molecule has 6 heteroatoms. The Hall–Kier alpha value is -2.89. The molecule has 0 saturated heterocycles. The minimum atomic E-state index is -0.315. The number of Topliss-reactive ketones (excluding diaryl/α,β-unsaturated/α-hetero) is 1. The molecule has 2 N–H and O–H groups in total. The predicted octanol–water partition coefficient (Wildman–Crippen LogP) is 5.84. The van der Waals surface area contributed by atoms with E-state index >= 15 is 0 Å². The van der Waals surface area contributed by atoms with Crippen molar-refractivity contribution >= 4 is 46.3 Å². The van der Waals surface area contributed by atoms with Crippen LogP contribution >= 0.6 is 22.9 Å². The molecule has 2 atom stereocenters. The van der Waals surface area contributed by atoms with Crippen LogP contribution in [0.1, 0.15) is 41.3 Å². The van der Waals surface area contributed by atoms with Gasteiger partial charge in [0.05, 0.1) is 0 Å². The van der Waals surface area contributed by atoms with Gasteiger partial charge in [0.1, 0.15) is 18.6 Å². The lowest BCUT2D eigenvalue weighted by atomic mass is 9.84. The summed E-state index contributed by atoms with van der Waals surface area (Å²) in [6.45, 7) is 7.53. The van der Waals surface area contributed by atoms with Crippen molar-refractivity contribution in [1.29, 1.82) is 0 Å². The molecule has 160 valence electrons. The second-order valence-electron chi connectivity index (χ2n) is 7.26. The van der Waals surface area contributed by atoms with Crippen LogP contribution in [0.4, 0.5) is 0 Å². The highest BCUT2D eigenvalue weighted by molar-refractivity contribution is 7.12. The van der Waals surface area contributed by atoms with Crippen LogP contribution in [0.2, 0.25) is 0 Å². The van der Waals surface area contributed by atoms with E-state index in [9.17, 15) is 9.59 Å². The first kappa shape index (κ1) is 22.8. The average molecular weight is 454 g/mol. The topological polar surface area (TPSA) is 69.4 Å². The second-order valence-corrected chi connectivity index (χ2v) is 8.58. The van der Waals surface area contributed by atoms with Gasteiger partial charge in [-0.3, -0.25) is 4.79 Å². The van der Waals surface area contributed by atoms with E-state index in [2.05, 4.69) is 6.58 Å². The largest absolute Gasteiger partial charge is 0.489 e. The van der Waals surface area contributed by atoms with E-state index in [1.54, 1.807) is 18.2 Å². The molecule has 4 nitrogen and oxygen atoms in total. The number of carbonyl (C=O) groups is 2. The molecule has 3 rings (SSSR count). The molecular weight excluding hydrogens is 430 g/mol. The summed E-state index contributed by atoms with van der Waals surface area (Å²) in [6.07, 6.45) is 8.19. The minimum Gasteiger partial charge on any atom is -0.489 e. The normalized spacial score (nSPS) is 18.4. The van der Waals surface area contributed by atoms with Crippen LogP contribution in [0.15, 0.2) is 65.6 Å². The fraction of sp³-hybridized carbons (Fsp3) is 0.200. The van der Waals surface area contributed by atoms with Gasteiger partial charge in [-0.1, -0.05) is 48.5 Å². The molecule has 1 heterocycles. The fourth-order valence-electron chi connectivity index (χ4n) is 3.64. The number of thiophene rings is 1. The van der Waals surface area contributed by atoms with E-state index in [0.29, 0.717) is 22.1 Å². The zero-order chi connectivity index (χ0) is 22.5. The van der Waals surface area contributed by atoms with E-state index in [-0.39, 0.29) is 24.2 Å². The Labute approximate surface area is 191 Å². The molecule has 1 aliphatic rings. The summed E-state index contributed by atoms with van der Waals surface area (Å²) in [6, 6.07) is 7.66. The lowest BCUT2D eigenvalue weighted by molar-refractivity contribution is -0.112. The summed E-state index contributed by atoms with van der Waals surface area (Å²) in [5.74, 6) is 0.246. The number of rotatable bonds is 8. The van der Waals surface area contributed by atoms with Gasteiger partial charge in [0.2, 0.25) is 0 Å². The Bertz CT molecular complexity index is 1110. The van der Waals surface area contributed by atoms with Crippen LogP contribution in [0.25, 0.3) is 11.3 Å². The molecule has 0 aliphatic heterocycles. The highest BCUT2D eigenvalue weighted by Gasteiger charge is 2.23. The van der Waals surface area contributed by atoms with Crippen LogP contribution in [-0.2, 0) is 16.2 Å². The Morgan fingerprint density at radius 3 is 2.81 bits per heavy atom. The third-order valence-corrected chi connectivity index (χ3v) is 6.44. The molecule has 2 aromatic rings. The SMILES string of the molecule is C=C(N)c1c(COc2cccc(C3C=CC(Cl)=CC3C=O)c2)csc1/C(=C\C)C(C)=O. The Balaban J connectivity index is 1.83. The number of hydrogen-bond donors (Lipinski definition) is 1. The first-order chi connectivity index (χ1) is 14.8. The van der Waals surface area contributed by atoms with E-state index in [4.69, 9.17) is 22.1 Å². The van der Waals surface area contributed by atoms with Gasteiger partial charge in [-0.2, -0.15) is 0 Å². The van der Waals surface area contributed by atoms with Gasteiger partial charge in [-0.15, -0.1) is 11.3 Å². The summed E-state index contributed by atoms with van der Waals surface area (Å²) in [5.41, 5.74) is 9.65. The van der Waals surface area contributed by atoms with Crippen LogP contribution in [0, 0.1) is 5.92 Å². The van der Waals surface area contributed by atoms with Crippen molar-refractivity contribution in [2.45, 2.75) is 26.4 Å². The van der Waals surface area contributed by atoms with Gasteiger partial charge in [-0.05, 0) is 43.0 Å². The van der Waals surface area contributed by atoms with Crippen LogP contribution < -0.4 is 10.5 Å². The standard InChI is InChI=1S/C25H24ClNO3S/c1-4-22(16(3)29)25-24(15(2)27)19(14-31-25)13-30-21-7-5-6-17(11-21)23-9-8-20(26)10-18(23)12-28/h4-12,14,18,23H,2,13,27H2,1,3H3/b22-4-. The van der Waals surface area contributed by atoms with Gasteiger partial charge in [0.25, 0.3) is 0 Å². The summed E-state index contributed by atoms with van der Waals surface area (Å²) in [4.78, 5) is 24.3. The fourth-order valence-corrected chi connectivity index (χ4v) is 5.07. The number of hydrogen-bond acceptors (Lipinski definition) is 5. The van der Waals surface area contributed by atoms with Gasteiger partial charge >= 0.3 is 0 Å². The molecule has 1 aromatic heterocycles. The van der Waals surface area contributed by atoms with Crippen LogP contribution in [-0.4, -0.2) is 12.1 Å². The summed E-state index contributed by atoms with van der Waals surface area (Å²) in [5, 5.41) is 2.51. The molecule has 0 radical (unpaired) electrons. The Morgan fingerprint density at radius 1 is 1.39 bits per heavy atom. The molecular formula is C25H24ClNO3S. The van der Waals surface area contributed by atoms with Crippen LogP contribution in [0.3, 0.4) is 0 Å². The Kier molecular flexibility index (Phi) is 7.31. The smallest absolute Gasteiger partial charge is 0.160 e. The van der Waals surface area contributed by atoms with E-state index in [1.165, 1.54) is 18.3 Å². The quantitative estimate of drug-likeness (QED) is 0.402. The molecule has 2 unspecified atom stereocenters. The number of nitrogens with two attached hydrogens (primary N) is 1.